The first kappa shape index (κ1) is 19.2. The van der Waals surface area contributed by atoms with Crippen LogP contribution in [0.15, 0.2) is 36.4 Å². The van der Waals surface area contributed by atoms with Crippen LogP contribution in [-0.4, -0.2) is 12.1 Å². The fourth-order valence-electron chi connectivity index (χ4n) is 4.33. The number of nitriles is 2. The number of esters is 1. The standard InChI is InChI=1S/C23H26N2O2/c24-15-1-2-17-3-9-21(10-4-17)23(26)27-22-13-11-20(12-14-22)19-7-5-18(16-25)6-8-19/h1-2,5-8,17,20-22H,3-4,9-14H2. The van der Waals surface area contributed by atoms with Crippen LogP contribution in [0.2, 0.25) is 0 Å². The second-order valence-electron chi connectivity index (χ2n) is 7.74. The molecule has 4 nitrogen and oxygen atoms in total. The topological polar surface area (TPSA) is 73.9 Å². The summed E-state index contributed by atoms with van der Waals surface area (Å²) < 4.78 is 5.82. The van der Waals surface area contributed by atoms with Crippen molar-refractivity contribution in [1.29, 1.82) is 10.5 Å². The Labute approximate surface area is 161 Å². The molecule has 0 aromatic heterocycles. The summed E-state index contributed by atoms with van der Waals surface area (Å²) in [6.07, 6.45) is 11.1. The molecular weight excluding hydrogens is 336 g/mol. The van der Waals surface area contributed by atoms with Gasteiger partial charge in [-0.3, -0.25) is 4.79 Å². The first-order valence-electron chi connectivity index (χ1n) is 9.96. The maximum Gasteiger partial charge on any atom is 0.309 e. The van der Waals surface area contributed by atoms with Gasteiger partial charge in [0.2, 0.25) is 0 Å². The second-order valence-corrected chi connectivity index (χ2v) is 7.74. The van der Waals surface area contributed by atoms with Crippen LogP contribution >= 0.6 is 0 Å². The molecule has 0 aliphatic heterocycles. The lowest BCUT2D eigenvalue weighted by Crippen LogP contribution is -2.29. The van der Waals surface area contributed by atoms with E-state index in [-0.39, 0.29) is 18.0 Å². The summed E-state index contributed by atoms with van der Waals surface area (Å²) in [7, 11) is 0. The van der Waals surface area contributed by atoms with Crippen LogP contribution in [0.3, 0.4) is 0 Å². The Bertz CT molecular complexity index is 738. The molecule has 0 amide bonds. The maximum atomic E-state index is 12.5. The van der Waals surface area contributed by atoms with Crippen molar-refractivity contribution < 1.29 is 9.53 Å². The Morgan fingerprint density at radius 3 is 2.22 bits per heavy atom. The summed E-state index contributed by atoms with van der Waals surface area (Å²) >= 11 is 0. The van der Waals surface area contributed by atoms with E-state index >= 15 is 0 Å². The van der Waals surface area contributed by atoms with Gasteiger partial charge in [-0.25, -0.2) is 0 Å². The summed E-state index contributed by atoms with van der Waals surface area (Å²) in [6, 6.07) is 12.0. The molecule has 0 unspecified atom stereocenters. The van der Waals surface area contributed by atoms with Crippen LogP contribution in [-0.2, 0) is 9.53 Å². The molecule has 0 spiro atoms. The molecule has 1 aromatic carbocycles. The van der Waals surface area contributed by atoms with Crippen molar-refractivity contribution >= 4 is 5.97 Å². The van der Waals surface area contributed by atoms with E-state index in [4.69, 9.17) is 15.3 Å². The van der Waals surface area contributed by atoms with Crippen LogP contribution < -0.4 is 0 Å². The molecule has 1 aromatic rings. The third-order valence-corrected chi connectivity index (χ3v) is 6.02. The molecule has 2 aliphatic carbocycles. The molecule has 0 atom stereocenters. The molecule has 0 bridgehead atoms. The number of benzene rings is 1. The van der Waals surface area contributed by atoms with E-state index < -0.39 is 0 Å². The van der Waals surface area contributed by atoms with Crippen molar-refractivity contribution in [3.63, 3.8) is 0 Å². The normalized spacial score (nSPS) is 28.2. The van der Waals surface area contributed by atoms with Crippen LogP contribution in [0.1, 0.15) is 68.4 Å². The lowest BCUT2D eigenvalue weighted by atomic mass is 9.81. The molecule has 2 fully saturated rings. The highest BCUT2D eigenvalue weighted by Gasteiger charge is 2.30. The van der Waals surface area contributed by atoms with Gasteiger partial charge in [-0.2, -0.15) is 10.5 Å². The van der Waals surface area contributed by atoms with E-state index in [0.29, 0.717) is 17.4 Å². The van der Waals surface area contributed by atoms with Gasteiger partial charge in [0.15, 0.2) is 0 Å². The number of nitrogens with zero attached hydrogens (tertiary/aromatic N) is 2. The summed E-state index contributed by atoms with van der Waals surface area (Å²) in [6.45, 7) is 0. The largest absolute Gasteiger partial charge is 0.462 e. The summed E-state index contributed by atoms with van der Waals surface area (Å²) in [4.78, 5) is 12.5. The average molecular weight is 362 g/mol. The van der Waals surface area contributed by atoms with E-state index in [0.717, 1.165) is 51.4 Å². The quantitative estimate of drug-likeness (QED) is 0.557. The van der Waals surface area contributed by atoms with Crippen molar-refractivity contribution in [3.8, 4) is 12.1 Å². The third kappa shape index (κ3) is 5.20. The van der Waals surface area contributed by atoms with Gasteiger partial charge in [-0.1, -0.05) is 18.2 Å². The number of hydrogen-bond donors (Lipinski definition) is 0. The zero-order valence-electron chi connectivity index (χ0n) is 15.6. The molecule has 140 valence electrons. The molecule has 3 rings (SSSR count). The van der Waals surface area contributed by atoms with Crippen LogP contribution in [0.25, 0.3) is 0 Å². The van der Waals surface area contributed by atoms with Gasteiger partial charge in [0.25, 0.3) is 0 Å². The van der Waals surface area contributed by atoms with E-state index in [1.165, 1.54) is 5.56 Å². The van der Waals surface area contributed by atoms with E-state index in [9.17, 15) is 4.79 Å². The van der Waals surface area contributed by atoms with E-state index in [2.05, 4.69) is 18.2 Å². The predicted molar refractivity (Wildman–Crippen MR) is 102 cm³/mol. The fraction of sp³-hybridized carbons (Fsp3) is 0.522. The summed E-state index contributed by atoms with van der Waals surface area (Å²) in [5.41, 5.74) is 1.97. The monoisotopic (exact) mass is 362 g/mol. The molecule has 27 heavy (non-hydrogen) atoms. The zero-order valence-corrected chi connectivity index (χ0v) is 15.6. The highest BCUT2D eigenvalue weighted by Crippen LogP contribution is 2.36. The zero-order chi connectivity index (χ0) is 19.1. The first-order chi connectivity index (χ1) is 13.2. The lowest BCUT2D eigenvalue weighted by molar-refractivity contribution is -0.157. The van der Waals surface area contributed by atoms with Gasteiger partial charge >= 0.3 is 5.97 Å². The molecule has 0 N–H and O–H groups in total. The Balaban J connectivity index is 1.42. The highest BCUT2D eigenvalue weighted by atomic mass is 16.5. The number of carbonyl (C=O) groups is 1. The molecule has 2 saturated carbocycles. The minimum Gasteiger partial charge on any atom is -0.462 e. The molecular formula is C23H26N2O2. The average Bonchev–Trinajstić information content (AvgIpc) is 2.73. The minimum absolute atomic E-state index is 0.0213. The van der Waals surface area contributed by atoms with Gasteiger partial charge in [0.1, 0.15) is 6.10 Å². The lowest BCUT2D eigenvalue weighted by Gasteiger charge is -2.31. The van der Waals surface area contributed by atoms with Gasteiger partial charge in [-0.15, -0.1) is 0 Å². The minimum atomic E-state index is -0.0282. The van der Waals surface area contributed by atoms with Crippen LogP contribution in [0.4, 0.5) is 0 Å². The number of carbonyl (C=O) groups excluding carboxylic acids is 1. The van der Waals surface area contributed by atoms with Crippen molar-refractivity contribution in [3.05, 3.63) is 47.5 Å². The summed E-state index contributed by atoms with van der Waals surface area (Å²) in [5.74, 6) is 0.916. The Morgan fingerprint density at radius 1 is 0.963 bits per heavy atom. The highest BCUT2D eigenvalue weighted by molar-refractivity contribution is 5.72. The smallest absolute Gasteiger partial charge is 0.309 e. The van der Waals surface area contributed by atoms with Crippen molar-refractivity contribution in [2.45, 2.75) is 63.4 Å². The van der Waals surface area contributed by atoms with Crippen LogP contribution in [0, 0.1) is 34.5 Å². The van der Waals surface area contributed by atoms with Crippen molar-refractivity contribution in [1.82, 2.24) is 0 Å². The number of allylic oxidation sites excluding steroid dienone is 2. The molecule has 0 heterocycles. The van der Waals surface area contributed by atoms with Crippen molar-refractivity contribution in [2.24, 2.45) is 11.8 Å². The SMILES string of the molecule is N#CC=CC1CCC(C(=O)OC2CCC(c3ccc(C#N)cc3)CC2)CC1. The molecule has 0 radical (unpaired) electrons. The van der Waals surface area contributed by atoms with Gasteiger partial charge < -0.3 is 4.74 Å². The molecule has 0 saturated heterocycles. The second kappa shape index (κ2) is 9.38. The molecule has 4 heteroatoms. The Kier molecular flexibility index (Phi) is 6.66. The molecule has 2 aliphatic rings. The maximum absolute atomic E-state index is 12.5. The summed E-state index contributed by atoms with van der Waals surface area (Å²) in [5, 5.41) is 17.5. The van der Waals surface area contributed by atoms with E-state index in [1.807, 2.05) is 24.3 Å². The van der Waals surface area contributed by atoms with Gasteiger partial charge in [0, 0.05) is 6.08 Å². The first-order valence-corrected chi connectivity index (χ1v) is 9.96. The number of ether oxygens (including phenoxy) is 1. The van der Waals surface area contributed by atoms with Crippen molar-refractivity contribution in [2.75, 3.05) is 0 Å². The number of rotatable bonds is 4. The van der Waals surface area contributed by atoms with Crippen LogP contribution in [0.5, 0.6) is 0 Å². The van der Waals surface area contributed by atoms with Gasteiger partial charge in [-0.05, 0) is 80.9 Å². The third-order valence-electron chi connectivity index (χ3n) is 6.02. The predicted octanol–water partition coefficient (Wildman–Crippen LogP) is 5.01. The van der Waals surface area contributed by atoms with E-state index in [1.54, 1.807) is 6.08 Å². The number of hydrogen-bond acceptors (Lipinski definition) is 4. The Hall–Kier alpha value is -2.59. The van der Waals surface area contributed by atoms with Gasteiger partial charge in [0.05, 0.1) is 23.6 Å². The Morgan fingerprint density at radius 2 is 1.63 bits per heavy atom. The fourth-order valence-corrected chi connectivity index (χ4v) is 4.33.